The number of rotatable bonds is 2. The maximum Gasteiger partial charge on any atom is 0.271 e. The first-order chi connectivity index (χ1) is 7.22. The molecule has 0 fully saturated rings. The Balaban J connectivity index is 2.63. The molecule has 2 rings (SSSR count). The molecule has 0 aliphatic rings. The van der Waals surface area contributed by atoms with E-state index in [9.17, 15) is 4.79 Å². The topological polar surface area (TPSA) is 37.8 Å². The van der Waals surface area contributed by atoms with Crippen molar-refractivity contribution >= 4 is 0 Å². The van der Waals surface area contributed by atoms with Gasteiger partial charge in [-0.15, -0.1) is 0 Å². The smallest absolute Gasteiger partial charge is 0.271 e. The molecule has 15 heavy (non-hydrogen) atoms. The highest BCUT2D eigenvalue weighted by Gasteiger charge is 2.05. The predicted molar refractivity (Wildman–Crippen MR) is 60.5 cm³/mol. The van der Waals surface area contributed by atoms with Gasteiger partial charge in [0.15, 0.2) is 0 Å². The fourth-order valence-electron chi connectivity index (χ4n) is 1.72. The van der Waals surface area contributed by atoms with E-state index in [2.05, 4.69) is 12.0 Å². The van der Waals surface area contributed by atoms with Gasteiger partial charge in [-0.3, -0.25) is 9.89 Å². The molecule has 0 atom stereocenters. The van der Waals surface area contributed by atoms with Crippen molar-refractivity contribution in [1.29, 1.82) is 0 Å². The lowest BCUT2D eigenvalue weighted by atomic mass is 10.1. The summed E-state index contributed by atoms with van der Waals surface area (Å²) in [5.41, 5.74) is 2.99. The number of aromatic nitrogens is 2. The van der Waals surface area contributed by atoms with Gasteiger partial charge in [0.2, 0.25) is 0 Å². The summed E-state index contributed by atoms with van der Waals surface area (Å²) in [7, 11) is 0. The van der Waals surface area contributed by atoms with Crippen LogP contribution in [0.4, 0.5) is 0 Å². The van der Waals surface area contributed by atoms with E-state index in [0.717, 1.165) is 17.8 Å². The van der Waals surface area contributed by atoms with Crippen molar-refractivity contribution < 1.29 is 0 Å². The van der Waals surface area contributed by atoms with Crippen LogP contribution in [-0.4, -0.2) is 9.78 Å². The first-order valence-electron chi connectivity index (χ1n) is 5.09. The van der Waals surface area contributed by atoms with Gasteiger partial charge in [0.05, 0.1) is 5.69 Å². The average molecular weight is 202 g/mol. The quantitative estimate of drug-likeness (QED) is 0.795. The Hall–Kier alpha value is -1.77. The maximum absolute atomic E-state index is 11.6. The van der Waals surface area contributed by atoms with Gasteiger partial charge in [0, 0.05) is 11.8 Å². The van der Waals surface area contributed by atoms with Crippen LogP contribution in [0.15, 0.2) is 35.1 Å². The fourth-order valence-corrected chi connectivity index (χ4v) is 1.72. The van der Waals surface area contributed by atoms with Crippen LogP contribution in [0, 0.1) is 6.92 Å². The molecule has 1 aromatic carbocycles. The SMILES string of the molecule is CCc1ccccc1-n1[nH]c(C)cc1=O. The summed E-state index contributed by atoms with van der Waals surface area (Å²) in [6, 6.07) is 9.53. The van der Waals surface area contributed by atoms with Crippen LogP contribution in [0.3, 0.4) is 0 Å². The van der Waals surface area contributed by atoms with E-state index >= 15 is 0 Å². The zero-order chi connectivity index (χ0) is 10.8. The number of aryl methyl sites for hydroxylation is 2. The number of hydrogen-bond acceptors (Lipinski definition) is 1. The van der Waals surface area contributed by atoms with Crippen LogP contribution in [-0.2, 0) is 6.42 Å². The molecule has 3 heteroatoms. The minimum Gasteiger partial charge on any atom is -0.295 e. The van der Waals surface area contributed by atoms with Crippen molar-refractivity contribution in [2.24, 2.45) is 0 Å². The van der Waals surface area contributed by atoms with Gasteiger partial charge in [-0.05, 0) is 25.0 Å². The Morgan fingerprint density at radius 2 is 2.07 bits per heavy atom. The summed E-state index contributed by atoms with van der Waals surface area (Å²) in [5, 5.41) is 3.04. The summed E-state index contributed by atoms with van der Waals surface area (Å²) >= 11 is 0. The summed E-state index contributed by atoms with van der Waals surface area (Å²) in [6.07, 6.45) is 0.917. The first kappa shape index (κ1) is 9.77. The van der Waals surface area contributed by atoms with Gasteiger partial charge < -0.3 is 0 Å². The van der Waals surface area contributed by atoms with Crippen molar-refractivity contribution in [3.8, 4) is 5.69 Å². The highest BCUT2D eigenvalue weighted by atomic mass is 16.1. The van der Waals surface area contributed by atoms with E-state index in [1.165, 1.54) is 5.56 Å². The first-order valence-corrected chi connectivity index (χ1v) is 5.09. The molecule has 0 bridgehead atoms. The third-order valence-corrected chi connectivity index (χ3v) is 2.46. The van der Waals surface area contributed by atoms with E-state index in [0.29, 0.717) is 0 Å². The van der Waals surface area contributed by atoms with Gasteiger partial charge in [0.25, 0.3) is 5.56 Å². The van der Waals surface area contributed by atoms with Crippen LogP contribution >= 0.6 is 0 Å². The molecule has 1 aromatic heterocycles. The van der Waals surface area contributed by atoms with E-state index in [1.807, 2.05) is 31.2 Å². The summed E-state index contributed by atoms with van der Waals surface area (Å²) in [5.74, 6) is 0. The zero-order valence-electron chi connectivity index (χ0n) is 8.95. The number of para-hydroxylation sites is 1. The van der Waals surface area contributed by atoms with Gasteiger partial charge in [0.1, 0.15) is 0 Å². The largest absolute Gasteiger partial charge is 0.295 e. The molecule has 0 unspecified atom stereocenters. The number of H-pyrrole nitrogens is 1. The second-order valence-electron chi connectivity index (χ2n) is 3.60. The molecule has 0 saturated heterocycles. The lowest BCUT2D eigenvalue weighted by Gasteiger charge is -2.07. The standard InChI is InChI=1S/C12H14N2O/c1-3-10-6-4-5-7-11(10)14-12(15)8-9(2)13-14/h4-8,13H,3H2,1-2H3. The fraction of sp³-hybridized carbons (Fsp3) is 0.250. The monoisotopic (exact) mass is 202 g/mol. The number of hydrogen-bond donors (Lipinski definition) is 1. The van der Waals surface area contributed by atoms with E-state index < -0.39 is 0 Å². The van der Waals surface area contributed by atoms with E-state index in [1.54, 1.807) is 10.7 Å². The van der Waals surface area contributed by atoms with Gasteiger partial charge in [-0.2, -0.15) is 0 Å². The normalized spacial score (nSPS) is 10.5. The summed E-state index contributed by atoms with van der Waals surface area (Å²) in [4.78, 5) is 11.6. The summed E-state index contributed by atoms with van der Waals surface area (Å²) < 4.78 is 1.59. The number of benzene rings is 1. The molecule has 0 aliphatic heterocycles. The van der Waals surface area contributed by atoms with Crippen molar-refractivity contribution in [2.45, 2.75) is 20.3 Å². The Labute approximate surface area is 88.4 Å². The molecule has 0 radical (unpaired) electrons. The zero-order valence-corrected chi connectivity index (χ0v) is 8.95. The van der Waals surface area contributed by atoms with Crippen molar-refractivity contribution in [3.05, 3.63) is 51.9 Å². The van der Waals surface area contributed by atoms with Gasteiger partial charge >= 0.3 is 0 Å². The highest BCUT2D eigenvalue weighted by molar-refractivity contribution is 5.40. The van der Waals surface area contributed by atoms with E-state index in [4.69, 9.17) is 0 Å². The third kappa shape index (κ3) is 1.73. The van der Waals surface area contributed by atoms with Crippen molar-refractivity contribution in [2.75, 3.05) is 0 Å². The Morgan fingerprint density at radius 1 is 1.33 bits per heavy atom. The lowest BCUT2D eigenvalue weighted by molar-refractivity contribution is 0.822. The molecule has 3 nitrogen and oxygen atoms in total. The van der Waals surface area contributed by atoms with Crippen LogP contribution in [0.1, 0.15) is 18.2 Å². The highest BCUT2D eigenvalue weighted by Crippen LogP contribution is 2.12. The molecular formula is C12H14N2O. The Bertz CT molecular complexity index is 522. The number of nitrogens with one attached hydrogen (secondary N) is 1. The Morgan fingerprint density at radius 3 is 2.67 bits per heavy atom. The molecule has 0 spiro atoms. The minimum absolute atomic E-state index is 0.00611. The van der Waals surface area contributed by atoms with Crippen LogP contribution in [0.5, 0.6) is 0 Å². The van der Waals surface area contributed by atoms with Crippen LogP contribution < -0.4 is 5.56 Å². The molecule has 0 amide bonds. The minimum atomic E-state index is -0.00611. The molecule has 1 N–H and O–H groups in total. The van der Waals surface area contributed by atoms with Crippen LogP contribution in [0.25, 0.3) is 5.69 Å². The van der Waals surface area contributed by atoms with E-state index in [-0.39, 0.29) is 5.56 Å². The van der Waals surface area contributed by atoms with Gasteiger partial charge in [-0.1, -0.05) is 25.1 Å². The molecule has 78 valence electrons. The lowest BCUT2D eigenvalue weighted by Crippen LogP contribution is -2.15. The van der Waals surface area contributed by atoms with Gasteiger partial charge in [-0.25, -0.2) is 4.68 Å². The molecule has 0 aliphatic carbocycles. The van der Waals surface area contributed by atoms with Crippen molar-refractivity contribution in [1.82, 2.24) is 9.78 Å². The second-order valence-corrected chi connectivity index (χ2v) is 3.60. The molecule has 0 saturated carbocycles. The molecular weight excluding hydrogens is 188 g/mol. The predicted octanol–water partition coefficient (Wildman–Crippen LogP) is 2.04. The second kappa shape index (κ2) is 3.77. The van der Waals surface area contributed by atoms with Crippen LogP contribution in [0.2, 0.25) is 0 Å². The molecule has 2 aromatic rings. The average Bonchev–Trinajstić information content (AvgIpc) is 2.57. The number of nitrogens with zero attached hydrogens (tertiary/aromatic N) is 1. The number of aromatic amines is 1. The maximum atomic E-state index is 11.6. The van der Waals surface area contributed by atoms with Crippen molar-refractivity contribution in [3.63, 3.8) is 0 Å². The molecule has 1 heterocycles. The third-order valence-electron chi connectivity index (χ3n) is 2.46. The summed E-state index contributed by atoms with van der Waals surface area (Å²) in [6.45, 7) is 3.96. The Kier molecular flexibility index (Phi) is 2.46.